The van der Waals surface area contributed by atoms with Crippen LogP contribution in [0.1, 0.15) is 69.9 Å². The lowest BCUT2D eigenvalue weighted by Crippen LogP contribution is -2.25. The summed E-state index contributed by atoms with van der Waals surface area (Å²) in [7, 11) is 3.79. The van der Waals surface area contributed by atoms with Gasteiger partial charge in [0.05, 0.1) is 10.2 Å². The van der Waals surface area contributed by atoms with Crippen molar-refractivity contribution in [1.29, 1.82) is 0 Å². The summed E-state index contributed by atoms with van der Waals surface area (Å²) >= 11 is 0. The molecule has 1 aromatic carbocycles. The summed E-state index contributed by atoms with van der Waals surface area (Å²) in [6.45, 7) is 6.86. The van der Waals surface area contributed by atoms with Crippen molar-refractivity contribution in [2.45, 2.75) is 71.8 Å². The zero-order valence-corrected chi connectivity index (χ0v) is 16.4. The van der Waals surface area contributed by atoms with Crippen LogP contribution >= 0.6 is 0 Å². The molecule has 1 saturated carbocycles. The van der Waals surface area contributed by atoms with Gasteiger partial charge in [-0.05, 0) is 55.2 Å². The van der Waals surface area contributed by atoms with Crippen molar-refractivity contribution in [3.63, 3.8) is 0 Å². The minimum Gasteiger partial charge on any atom is -0.382 e. The van der Waals surface area contributed by atoms with Gasteiger partial charge in [-0.15, -0.1) is 0 Å². The van der Waals surface area contributed by atoms with Crippen LogP contribution < -0.4 is 10.5 Å². The van der Waals surface area contributed by atoms with Gasteiger partial charge in [-0.2, -0.15) is 0 Å². The van der Waals surface area contributed by atoms with Crippen molar-refractivity contribution >= 4 is 26.7 Å². The second-order valence-corrected chi connectivity index (χ2v) is 8.39. The lowest BCUT2D eigenvalue weighted by atomic mass is 9.91. The van der Waals surface area contributed by atoms with Crippen LogP contribution in [0.3, 0.4) is 0 Å². The van der Waals surface area contributed by atoms with E-state index in [0.29, 0.717) is 12.0 Å². The molecule has 2 aliphatic carbocycles. The Kier molecular flexibility index (Phi) is 5.65. The van der Waals surface area contributed by atoms with E-state index in [4.69, 9.17) is 0 Å². The molecule has 3 rings (SSSR count). The van der Waals surface area contributed by atoms with E-state index >= 15 is 0 Å². The number of nitrogens with one attached hydrogen (secondary N) is 1. The molecular formula is C22H30NSi. The highest BCUT2D eigenvalue weighted by atomic mass is 28.1. The number of benzene rings is 1. The maximum absolute atomic E-state index is 3.92. The number of rotatable bonds is 5. The number of hydrogen-bond acceptors (Lipinski definition) is 1. The molecule has 1 aromatic rings. The van der Waals surface area contributed by atoms with E-state index < -0.39 is 0 Å². The summed E-state index contributed by atoms with van der Waals surface area (Å²) in [6.07, 6.45) is 13.7. The summed E-state index contributed by atoms with van der Waals surface area (Å²) in [5.41, 5.74) is 7.17. The van der Waals surface area contributed by atoms with Crippen molar-refractivity contribution in [1.82, 2.24) is 0 Å². The fourth-order valence-electron chi connectivity index (χ4n) is 4.06. The first-order valence-electron chi connectivity index (χ1n) is 9.57. The normalized spacial score (nSPS) is 18.7. The van der Waals surface area contributed by atoms with Gasteiger partial charge in [0.25, 0.3) is 0 Å². The topological polar surface area (TPSA) is 12.0 Å². The minimum atomic E-state index is 0.633. The molecule has 24 heavy (non-hydrogen) atoms. The van der Waals surface area contributed by atoms with Crippen LogP contribution in [0, 0.1) is 12.8 Å². The van der Waals surface area contributed by atoms with Crippen LogP contribution in [0.15, 0.2) is 29.9 Å². The molecule has 0 spiro atoms. The predicted octanol–water partition coefficient (Wildman–Crippen LogP) is 5.29. The van der Waals surface area contributed by atoms with E-state index in [1.54, 1.807) is 0 Å². The molecule has 2 aliphatic rings. The largest absolute Gasteiger partial charge is 0.382 e. The molecule has 0 aliphatic heterocycles. The van der Waals surface area contributed by atoms with Crippen LogP contribution in [0.4, 0.5) is 5.69 Å². The predicted molar refractivity (Wildman–Crippen MR) is 107 cm³/mol. The van der Waals surface area contributed by atoms with Gasteiger partial charge in [0.2, 0.25) is 0 Å². The van der Waals surface area contributed by atoms with Gasteiger partial charge in [0, 0.05) is 17.3 Å². The van der Waals surface area contributed by atoms with E-state index in [9.17, 15) is 0 Å². The van der Waals surface area contributed by atoms with Gasteiger partial charge in [-0.3, -0.25) is 0 Å². The minimum absolute atomic E-state index is 0.633. The maximum Gasteiger partial charge on any atom is 0.0716 e. The smallest absolute Gasteiger partial charge is 0.0716 e. The number of allylic oxidation sites excluding steroid dienone is 4. The molecule has 0 unspecified atom stereocenters. The molecule has 1 fully saturated rings. The van der Waals surface area contributed by atoms with Gasteiger partial charge in [0.1, 0.15) is 0 Å². The first-order chi connectivity index (χ1) is 11.6. The number of anilines is 1. The first kappa shape index (κ1) is 17.5. The molecule has 0 heterocycles. The maximum atomic E-state index is 3.92. The summed E-state index contributed by atoms with van der Waals surface area (Å²) < 4.78 is 0. The van der Waals surface area contributed by atoms with Crippen molar-refractivity contribution in [2.75, 3.05) is 5.32 Å². The Labute approximate surface area is 151 Å². The van der Waals surface area contributed by atoms with Gasteiger partial charge in [-0.1, -0.05) is 62.6 Å². The highest BCUT2D eigenvalue weighted by Gasteiger charge is 2.20. The molecule has 1 nitrogen and oxygen atoms in total. The average molecular weight is 337 g/mol. The quantitative estimate of drug-likeness (QED) is 0.720. The zero-order valence-electron chi connectivity index (χ0n) is 15.4. The Bertz CT molecular complexity index is 648. The Morgan fingerprint density at radius 3 is 2.62 bits per heavy atom. The van der Waals surface area contributed by atoms with Crippen molar-refractivity contribution < 1.29 is 0 Å². The van der Waals surface area contributed by atoms with Crippen LogP contribution in [0.5, 0.6) is 0 Å². The third-order valence-electron chi connectivity index (χ3n) is 5.40. The first-order valence-corrected chi connectivity index (χ1v) is 10.1. The van der Waals surface area contributed by atoms with Gasteiger partial charge < -0.3 is 5.32 Å². The summed E-state index contributed by atoms with van der Waals surface area (Å²) in [6, 6.07) is 5.16. The van der Waals surface area contributed by atoms with Crippen molar-refractivity contribution in [3.8, 4) is 0 Å². The van der Waals surface area contributed by atoms with E-state index in [0.717, 1.165) is 6.42 Å². The second kappa shape index (κ2) is 7.73. The molecule has 0 aromatic heterocycles. The molecular weight excluding hydrogens is 306 g/mol. The Balaban J connectivity index is 1.96. The monoisotopic (exact) mass is 336 g/mol. The van der Waals surface area contributed by atoms with E-state index in [1.165, 1.54) is 71.7 Å². The summed E-state index contributed by atoms with van der Waals surface area (Å²) in [5, 5.41) is 5.12. The van der Waals surface area contributed by atoms with E-state index in [1.807, 2.05) is 0 Å². The molecule has 3 radical (unpaired) electrons. The molecule has 0 amide bonds. The van der Waals surface area contributed by atoms with Crippen LogP contribution in [-0.2, 0) is 0 Å². The molecule has 2 heteroatoms. The van der Waals surface area contributed by atoms with Gasteiger partial charge >= 0.3 is 0 Å². The van der Waals surface area contributed by atoms with Gasteiger partial charge in [-0.25, -0.2) is 0 Å². The fourth-order valence-corrected chi connectivity index (χ4v) is 4.27. The SMILES string of the molecule is Cc1c([Si])ccc(C2=C(CC(C)C)C=CC2)c1NC1CCCCC1. The van der Waals surface area contributed by atoms with Crippen LogP contribution in [-0.4, -0.2) is 16.3 Å². The Hall–Kier alpha value is -1.28. The lowest BCUT2D eigenvalue weighted by molar-refractivity contribution is 0.462. The Morgan fingerprint density at radius 2 is 1.92 bits per heavy atom. The lowest BCUT2D eigenvalue weighted by Gasteiger charge is -2.27. The van der Waals surface area contributed by atoms with Crippen molar-refractivity contribution in [2.24, 2.45) is 5.92 Å². The molecule has 127 valence electrons. The molecule has 0 bridgehead atoms. The van der Waals surface area contributed by atoms with E-state index in [2.05, 4.69) is 60.6 Å². The zero-order chi connectivity index (χ0) is 17.1. The highest BCUT2D eigenvalue weighted by molar-refractivity contribution is 6.34. The van der Waals surface area contributed by atoms with Gasteiger partial charge in [0.15, 0.2) is 0 Å². The molecule has 0 saturated heterocycles. The summed E-state index contributed by atoms with van der Waals surface area (Å²) in [4.78, 5) is 0. The van der Waals surface area contributed by atoms with Crippen LogP contribution in [0.25, 0.3) is 5.57 Å². The molecule has 1 N–H and O–H groups in total. The third kappa shape index (κ3) is 3.85. The fraction of sp³-hybridized carbons (Fsp3) is 0.545. The highest BCUT2D eigenvalue weighted by Crippen LogP contribution is 2.37. The Morgan fingerprint density at radius 1 is 1.17 bits per heavy atom. The van der Waals surface area contributed by atoms with E-state index in [-0.39, 0.29) is 0 Å². The second-order valence-electron chi connectivity index (χ2n) is 7.85. The summed E-state index contributed by atoms with van der Waals surface area (Å²) in [5.74, 6) is 0.698. The molecule has 0 atom stereocenters. The third-order valence-corrected chi connectivity index (χ3v) is 5.94. The van der Waals surface area contributed by atoms with Crippen LogP contribution in [0.2, 0.25) is 0 Å². The average Bonchev–Trinajstić information content (AvgIpc) is 3.00. The number of hydrogen-bond donors (Lipinski definition) is 1. The van der Waals surface area contributed by atoms with Crippen molar-refractivity contribution in [3.05, 3.63) is 41.0 Å². The standard InChI is InChI=1S/C22H30NSi/c1-15(2)14-17-8-7-11-19(17)20-12-13-21(24)16(3)22(20)23-18-9-5-4-6-10-18/h7-8,12-13,15,18,23H,4-6,9-11,14H2,1-3H3.